The third kappa shape index (κ3) is 5.81. The molecule has 3 heterocycles. The molecule has 0 bridgehead atoms. The summed E-state index contributed by atoms with van der Waals surface area (Å²) in [5.74, 6) is 0.487. The van der Waals surface area contributed by atoms with E-state index in [2.05, 4.69) is 34.3 Å². The lowest BCUT2D eigenvalue weighted by Gasteiger charge is -2.51. The number of carbonyl (C=O) groups excluding carboxylic acids is 2. The minimum absolute atomic E-state index is 0.00921. The molecule has 32 heavy (non-hydrogen) atoms. The fourth-order valence-corrected chi connectivity index (χ4v) is 5.80. The van der Waals surface area contributed by atoms with Gasteiger partial charge in [-0.2, -0.15) is 0 Å². The van der Waals surface area contributed by atoms with Crippen LogP contribution in [0.3, 0.4) is 0 Å². The van der Waals surface area contributed by atoms with E-state index in [0.29, 0.717) is 24.7 Å². The van der Waals surface area contributed by atoms with Crippen LogP contribution >= 0.6 is 0 Å². The predicted octanol–water partition coefficient (Wildman–Crippen LogP) is 4.63. The lowest BCUT2D eigenvalue weighted by molar-refractivity contribution is -0.263. The standard InChI is InChI=1S/C26H42O6/c1-7-9-21-16(3)13-23-26(32-21)18(5)25(29-19(6)28)24(31-23)14-22-17(4)15(2)12-20(30-22)10-8-11-27/h11,15-16,18,20-26H,4,7-10,12-14H2,1-3,5-6H3/t15-,16-,18-,20+,21-,22?,23+,24+,25?,26+/m1/s1. The summed E-state index contributed by atoms with van der Waals surface area (Å²) < 4.78 is 25.3. The summed E-state index contributed by atoms with van der Waals surface area (Å²) in [6.45, 7) is 14.5. The molecule has 2 unspecified atom stereocenters. The fraction of sp³-hybridized carbons (Fsp3) is 0.846. The molecule has 0 radical (unpaired) electrons. The maximum absolute atomic E-state index is 12.0. The van der Waals surface area contributed by atoms with Gasteiger partial charge in [-0.05, 0) is 43.1 Å². The minimum atomic E-state index is -0.383. The van der Waals surface area contributed by atoms with Gasteiger partial charge >= 0.3 is 5.97 Å². The van der Waals surface area contributed by atoms with Gasteiger partial charge in [-0.25, -0.2) is 0 Å². The summed E-state index contributed by atoms with van der Waals surface area (Å²) in [5.41, 5.74) is 1.06. The second-order valence-electron chi connectivity index (χ2n) is 10.2. The predicted molar refractivity (Wildman–Crippen MR) is 122 cm³/mol. The van der Waals surface area contributed by atoms with Crippen molar-refractivity contribution >= 4 is 12.3 Å². The number of ether oxygens (including phenoxy) is 4. The van der Waals surface area contributed by atoms with Crippen molar-refractivity contribution in [2.75, 3.05) is 0 Å². The minimum Gasteiger partial charge on any atom is -0.459 e. The maximum Gasteiger partial charge on any atom is 0.303 e. The van der Waals surface area contributed by atoms with Crippen molar-refractivity contribution in [1.29, 1.82) is 0 Å². The van der Waals surface area contributed by atoms with E-state index >= 15 is 0 Å². The molecule has 0 aliphatic carbocycles. The second-order valence-corrected chi connectivity index (χ2v) is 10.2. The topological polar surface area (TPSA) is 71.1 Å². The molecule has 0 N–H and O–H groups in total. The van der Waals surface area contributed by atoms with Gasteiger partial charge in [0, 0.05) is 25.7 Å². The summed E-state index contributed by atoms with van der Waals surface area (Å²) in [6, 6.07) is 0. The zero-order chi connectivity index (χ0) is 23.4. The molecular weight excluding hydrogens is 408 g/mol. The van der Waals surface area contributed by atoms with E-state index in [0.717, 1.165) is 44.0 Å². The summed E-state index contributed by atoms with van der Waals surface area (Å²) >= 11 is 0. The first kappa shape index (κ1) is 25.4. The van der Waals surface area contributed by atoms with Gasteiger partial charge in [0.25, 0.3) is 0 Å². The van der Waals surface area contributed by atoms with Crippen LogP contribution in [-0.4, -0.2) is 55.0 Å². The van der Waals surface area contributed by atoms with Crippen molar-refractivity contribution < 1.29 is 28.5 Å². The molecule has 10 atom stereocenters. The Bertz CT molecular complexity index is 663. The molecule has 182 valence electrons. The largest absolute Gasteiger partial charge is 0.459 e. The van der Waals surface area contributed by atoms with Gasteiger partial charge in [0.2, 0.25) is 0 Å². The van der Waals surface area contributed by atoms with Crippen LogP contribution in [0.25, 0.3) is 0 Å². The Morgan fingerprint density at radius 2 is 1.88 bits per heavy atom. The lowest BCUT2D eigenvalue weighted by Crippen LogP contribution is -2.60. The molecule has 6 nitrogen and oxygen atoms in total. The zero-order valence-corrected chi connectivity index (χ0v) is 20.5. The molecule has 3 aliphatic rings. The molecular formula is C26H42O6. The van der Waals surface area contributed by atoms with Crippen LogP contribution in [0.4, 0.5) is 0 Å². The van der Waals surface area contributed by atoms with E-state index in [1.54, 1.807) is 0 Å². The van der Waals surface area contributed by atoms with Crippen molar-refractivity contribution in [2.45, 2.75) is 122 Å². The quantitative estimate of drug-likeness (QED) is 0.305. The second kappa shape index (κ2) is 11.3. The van der Waals surface area contributed by atoms with Crippen molar-refractivity contribution in [3.8, 4) is 0 Å². The molecule has 0 saturated carbocycles. The third-order valence-electron chi connectivity index (χ3n) is 7.64. The number of carbonyl (C=O) groups is 2. The van der Waals surface area contributed by atoms with Crippen LogP contribution in [-0.2, 0) is 28.5 Å². The molecule has 0 aromatic carbocycles. The Morgan fingerprint density at radius 1 is 1.12 bits per heavy atom. The molecule has 6 heteroatoms. The average molecular weight is 451 g/mol. The first-order chi connectivity index (χ1) is 15.2. The normalized spacial score (nSPS) is 42.2. The van der Waals surface area contributed by atoms with Gasteiger partial charge in [0.15, 0.2) is 0 Å². The molecule has 3 fully saturated rings. The van der Waals surface area contributed by atoms with E-state index < -0.39 is 0 Å². The van der Waals surface area contributed by atoms with Gasteiger partial charge < -0.3 is 23.7 Å². The Balaban J connectivity index is 1.76. The first-order valence-corrected chi connectivity index (χ1v) is 12.5. The maximum atomic E-state index is 12.0. The molecule has 0 spiro atoms. The van der Waals surface area contributed by atoms with Crippen LogP contribution in [0, 0.1) is 17.8 Å². The molecule has 0 amide bonds. The fourth-order valence-electron chi connectivity index (χ4n) is 5.80. The lowest BCUT2D eigenvalue weighted by atomic mass is 9.78. The summed E-state index contributed by atoms with van der Waals surface area (Å²) in [5, 5.41) is 0. The van der Waals surface area contributed by atoms with Gasteiger partial charge in [-0.15, -0.1) is 0 Å². The van der Waals surface area contributed by atoms with E-state index in [1.165, 1.54) is 6.92 Å². The Labute approximate surface area is 193 Å². The monoisotopic (exact) mass is 450 g/mol. The summed E-state index contributed by atoms with van der Waals surface area (Å²) in [4.78, 5) is 22.8. The van der Waals surface area contributed by atoms with E-state index in [4.69, 9.17) is 18.9 Å². The van der Waals surface area contributed by atoms with E-state index in [1.807, 2.05) is 0 Å². The molecule has 3 rings (SSSR count). The number of aldehydes is 1. The Kier molecular flexibility index (Phi) is 8.93. The van der Waals surface area contributed by atoms with Crippen LogP contribution in [0.5, 0.6) is 0 Å². The highest BCUT2D eigenvalue weighted by atomic mass is 16.6. The van der Waals surface area contributed by atoms with Crippen LogP contribution in [0.15, 0.2) is 12.2 Å². The molecule has 3 aliphatic heterocycles. The Hall–Kier alpha value is -1.24. The van der Waals surface area contributed by atoms with E-state index in [9.17, 15) is 9.59 Å². The summed E-state index contributed by atoms with van der Waals surface area (Å²) in [6.07, 6.45) is 6.09. The number of hydrogen-bond donors (Lipinski definition) is 0. The van der Waals surface area contributed by atoms with Crippen molar-refractivity contribution in [3.05, 3.63) is 12.2 Å². The highest BCUT2D eigenvalue weighted by Crippen LogP contribution is 2.42. The number of fused-ring (bicyclic) bond motifs is 1. The number of rotatable bonds is 8. The Morgan fingerprint density at radius 3 is 2.53 bits per heavy atom. The third-order valence-corrected chi connectivity index (χ3v) is 7.64. The molecule has 3 saturated heterocycles. The van der Waals surface area contributed by atoms with Crippen LogP contribution in [0.2, 0.25) is 0 Å². The number of esters is 1. The van der Waals surface area contributed by atoms with Gasteiger partial charge in [0.1, 0.15) is 12.4 Å². The van der Waals surface area contributed by atoms with Gasteiger partial charge in [0.05, 0.1) is 36.6 Å². The number of hydrogen-bond acceptors (Lipinski definition) is 6. The zero-order valence-electron chi connectivity index (χ0n) is 20.5. The van der Waals surface area contributed by atoms with Gasteiger partial charge in [-0.1, -0.05) is 40.7 Å². The van der Waals surface area contributed by atoms with Crippen molar-refractivity contribution in [1.82, 2.24) is 0 Å². The van der Waals surface area contributed by atoms with Crippen LogP contribution < -0.4 is 0 Å². The van der Waals surface area contributed by atoms with Crippen molar-refractivity contribution in [2.24, 2.45) is 17.8 Å². The average Bonchev–Trinajstić information content (AvgIpc) is 2.73. The van der Waals surface area contributed by atoms with E-state index in [-0.39, 0.29) is 54.6 Å². The highest BCUT2D eigenvalue weighted by Gasteiger charge is 2.50. The smallest absolute Gasteiger partial charge is 0.303 e. The van der Waals surface area contributed by atoms with Crippen LogP contribution in [0.1, 0.15) is 79.6 Å². The SMILES string of the molecule is C=C1C(C[C@@H]2O[C@H]3C[C@@H](C)[C@@H](CCC)O[C@H]3[C@H](C)C2OC(C)=O)O[C@@H](CCC=O)C[C@H]1C. The van der Waals surface area contributed by atoms with Crippen molar-refractivity contribution in [3.63, 3.8) is 0 Å². The highest BCUT2D eigenvalue weighted by molar-refractivity contribution is 5.66. The van der Waals surface area contributed by atoms with Gasteiger partial charge in [-0.3, -0.25) is 4.79 Å². The molecule has 0 aromatic heterocycles. The summed E-state index contributed by atoms with van der Waals surface area (Å²) in [7, 11) is 0. The molecule has 0 aromatic rings. The first-order valence-electron chi connectivity index (χ1n) is 12.5.